The van der Waals surface area contributed by atoms with Crippen LogP contribution in [0.5, 0.6) is 0 Å². The first-order chi connectivity index (χ1) is 30.3. The largest absolute Gasteiger partial charge is 0.310 e. The molecule has 11 rings (SSSR count). The van der Waals surface area contributed by atoms with Crippen molar-refractivity contribution in [2.75, 3.05) is 9.80 Å². The van der Waals surface area contributed by atoms with Crippen LogP contribution < -0.4 is 9.80 Å². The van der Waals surface area contributed by atoms with Crippen LogP contribution in [0.25, 0.3) is 45.2 Å². The highest BCUT2D eigenvalue weighted by molar-refractivity contribution is 5.99. The summed E-state index contributed by atoms with van der Waals surface area (Å²) in [5.74, 6) is 0. The van der Waals surface area contributed by atoms with Crippen LogP contribution in [0.1, 0.15) is 61.1 Å². The lowest BCUT2D eigenvalue weighted by molar-refractivity contribution is 0.660. The van der Waals surface area contributed by atoms with Gasteiger partial charge in [-0.05, 0) is 128 Å². The van der Waals surface area contributed by atoms with E-state index in [-0.39, 0.29) is 10.8 Å². The smallest absolute Gasteiger partial charge is 0.0540 e. The number of rotatable bonds is 8. The predicted molar refractivity (Wildman–Crippen MR) is 264 cm³/mol. The molecule has 2 aliphatic rings. The number of hydrogen-bond acceptors (Lipinski definition) is 2. The molecule has 0 aliphatic heterocycles. The van der Waals surface area contributed by atoms with Gasteiger partial charge in [0.05, 0.1) is 5.69 Å². The second-order valence-corrected chi connectivity index (χ2v) is 17.8. The zero-order chi connectivity index (χ0) is 42.0. The lowest BCUT2D eigenvalue weighted by atomic mass is 9.81. The normalized spacial score (nSPS) is 14.0. The minimum atomic E-state index is -0.161. The molecule has 0 saturated heterocycles. The topological polar surface area (TPSA) is 6.48 Å². The van der Waals surface area contributed by atoms with Gasteiger partial charge in [-0.3, -0.25) is 0 Å². The minimum absolute atomic E-state index is 0.0918. The fourth-order valence-corrected chi connectivity index (χ4v) is 10.2. The zero-order valence-electron chi connectivity index (χ0n) is 35.7. The van der Waals surface area contributed by atoms with Crippen LogP contribution in [0.15, 0.2) is 206 Å². The van der Waals surface area contributed by atoms with Crippen LogP contribution in [-0.2, 0) is 10.8 Å². The van der Waals surface area contributed by atoms with Crippen molar-refractivity contribution in [1.29, 1.82) is 0 Å². The maximum atomic E-state index is 2.43. The van der Waals surface area contributed by atoms with Gasteiger partial charge in [0.1, 0.15) is 0 Å². The van der Waals surface area contributed by atoms with Gasteiger partial charge in [-0.15, -0.1) is 0 Å². The fraction of sp³-hybridized carbons (Fsp3) is 0.100. The van der Waals surface area contributed by atoms with Crippen molar-refractivity contribution >= 4 is 57.0 Å². The Morgan fingerprint density at radius 1 is 0.323 bits per heavy atom. The molecule has 0 saturated carbocycles. The summed E-state index contributed by atoms with van der Waals surface area (Å²) in [6.45, 7) is 9.44. The molecule has 9 aromatic carbocycles. The maximum absolute atomic E-state index is 2.43. The second-order valence-electron chi connectivity index (χ2n) is 17.8. The van der Waals surface area contributed by atoms with Crippen molar-refractivity contribution in [2.45, 2.75) is 38.5 Å². The molecule has 0 aromatic heterocycles. The number of anilines is 6. The molecule has 0 bridgehead atoms. The number of fused-ring (bicyclic) bond motifs is 7. The van der Waals surface area contributed by atoms with Crippen LogP contribution in [0.3, 0.4) is 0 Å². The average Bonchev–Trinajstić information content (AvgIpc) is 3.68. The highest BCUT2D eigenvalue weighted by atomic mass is 15.1. The van der Waals surface area contributed by atoms with Crippen molar-refractivity contribution < 1.29 is 0 Å². The van der Waals surface area contributed by atoms with Crippen LogP contribution in [0.4, 0.5) is 34.1 Å². The van der Waals surface area contributed by atoms with E-state index in [1.54, 1.807) is 0 Å². The molecule has 9 aromatic rings. The van der Waals surface area contributed by atoms with E-state index in [0.717, 1.165) is 34.0 Å². The Balaban J connectivity index is 0.910. The third-order valence-corrected chi connectivity index (χ3v) is 13.4. The molecule has 2 nitrogen and oxygen atoms in total. The van der Waals surface area contributed by atoms with Gasteiger partial charge in [-0.25, -0.2) is 0 Å². The van der Waals surface area contributed by atoms with Gasteiger partial charge >= 0.3 is 0 Å². The third-order valence-electron chi connectivity index (χ3n) is 13.4. The van der Waals surface area contributed by atoms with Crippen molar-refractivity contribution in [2.24, 2.45) is 0 Å². The van der Waals surface area contributed by atoms with Gasteiger partial charge in [0.15, 0.2) is 0 Å². The van der Waals surface area contributed by atoms with E-state index >= 15 is 0 Å². The Morgan fingerprint density at radius 3 is 1.45 bits per heavy atom. The van der Waals surface area contributed by atoms with E-state index in [9.17, 15) is 0 Å². The number of hydrogen-bond donors (Lipinski definition) is 0. The summed E-state index contributed by atoms with van der Waals surface area (Å²) in [5.41, 5.74) is 19.8. The summed E-state index contributed by atoms with van der Waals surface area (Å²) >= 11 is 0. The Labute approximate surface area is 365 Å². The molecule has 0 fully saturated rings. The lowest BCUT2D eigenvalue weighted by Gasteiger charge is -2.29. The van der Waals surface area contributed by atoms with Crippen LogP contribution >= 0.6 is 0 Å². The molecule has 0 atom stereocenters. The Bertz CT molecular complexity index is 3130. The highest BCUT2D eigenvalue weighted by Gasteiger charge is 2.37. The molecular weight excluding hydrogens is 749 g/mol. The molecule has 0 radical (unpaired) electrons. The van der Waals surface area contributed by atoms with Crippen molar-refractivity contribution in [3.8, 4) is 22.3 Å². The number of benzene rings is 9. The summed E-state index contributed by atoms with van der Waals surface area (Å²) in [6.07, 6.45) is 4.50. The van der Waals surface area contributed by atoms with Crippen molar-refractivity contribution in [3.05, 3.63) is 240 Å². The molecule has 62 heavy (non-hydrogen) atoms. The van der Waals surface area contributed by atoms with E-state index in [1.807, 2.05) is 0 Å². The Hall–Kier alpha value is -7.42. The summed E-state index contributed by atoms with van der Waals surface area (Å²) in [5, 5.41) is 2.45. The third kappa shape index (κ3) is 6.17. The monoisotopic (exact) mass is 796 g/mol. The van der Waals surface area contributed by atoms with Gasteiger partial charge in [-0.1, -0.05) is 179 Å². The molecule has 0 unspecified atom stereocenters. The standard InChI is InChI=1S/C60H48N2/c1-59(2)54-24-14-13-23-50(54)52-37-34-48(40-56(52)59)62(58-25-15-17-43-16-11-12-22-49(43)58)46-31-28-41(29-32-46)26-27-42-30-35-51-53-36-33-47(39-57(53)60(3,4)55(51)38-42)61(44-18-7-5-8-19-44)45-20-9-6-10-21-45/h5-40H,1-4H3/b27-26+. The first-order valence-corrected chi connectivity index (χ1v) is 21.8. The quantitative estimate of drug-likeness (QED) is 0.141. The van der Waals surface area contributed by atoms with Gasteiger partial charge in [-0.2, -0.15) is 0 Å². The second kappa shape index (κ2) is 14.6. The summed E-state index contributed by atoms with van der Waals surface area (Å²) < 4.78 is 0. The molecular formula is C60H48N2. The highest BCUT2D eigenvalue weighted by Crippen LogP contribution is 2.52. The summed E-state index contributed by atoms with van der Waals surface area (Å²) in [4.78, 5) is 4.78. The summed E-state index contributed by atoms with van der Waals surface area (Å²) in [7, 11) is 0. The van der Waals surface area contributed by atoms with Gasteiger partial charge < -0.3 is 9.80 Å². The number of nitrogens with zero attached hydrogens (tertiary/aromatic N) is 2. The van der Waals surface area contributed by atoms with Gasteiger partial charge in [0.25, 0.3) is 0 Å². The van der Waals surface area contributed by atoms with Crippen molar-refractivity contribution in [3.63, 3.8) is 0 Å². The lowest BCUT2D eigenvalue weighted by Crippen LogP contribution is -2.16. The fourth-order valence-electron chi connectivity index (χ4n) is 10.2. The zero-order valence-corrected chi connectivity index (χ0v) is 35.7. The Morgan fingerprint density at radius 2 is 0.774 bits per heavy atom. The van der Waals surface area contributed by atoms with Gasteiger partial charge in [0, 0.05) is 44.7 Å². The summed E-state index contributed by atoms with van der Waals surface area (Å²) in [6, 6.07) is 75.5. The van der Waals surface area contributed by atoms with E-state index < -0.39 is 0 Å². The minimum Gasteiger partial charge on any atom is -0.310 e. The van der Waals surface area contributed by atoms with Crippen LogP contribution in [-0.4, -0.2) is 0 Å². The van der Waals surface area contributed by atoms with E-state index in [0.29, 0.717) is 0 Å². The van der Waals surface area contributed by atoms with Crippen LogP contribution in [0.2, 0.25) is 0 Å². The molecule has 2 heteroatoms. The van der Waals surface area contributed by atoms with Gasteiger partial charge in [0.2, 0.25) is 0 Å². The van der Waals surface area contributed by atoms with Crippen molar-refractivity contribution in [1.82, 2.24) is 0 Å². The van der Waals surface area contributed by atoms with E-state index in [4.69, 9.17) is 0 Å². The molecule has 298 valence electrons. The van der Waals surface area contributed by atoms with Crippen LogP contribution in [0, 0.1) is 0 Å². The SMILES string of the molecule is CC1(C)c2cc(/C=C/c3ccc(N(c4ccc5c(c4)C(C)(C)c4ccccc4-5)c4cccc5ccccc45)cc3)ccc2-c2ccc(N(c3ccccc3)c3ccccc3)cc21. The Kier molecular flexibility index (Phi) is 8.87. The molecule has 0 spiro atoms. The molecule has 0 N–H and O–H groups in total. The first-order valence-electron chi connectivity index (χ1n) is 21.8. The molecule has 2 aliphatic carbocycles. The average molecular weight is 797 g/mol. The molecule has 0 heterocycles. The first kappa shape index (κ1) is 37.6. The predicted octanol–water partition coefficient (Wildman–Crippen LogP) is 16.6. The maximum Gasteiger partial charge on any atom is 0.0540 e. The number of para-hydroxylation sites is 2. The van der Waals surface area contributed by atoms with E-state index in [2.05, 4.69) is 256 Å². The van der Waals surface area contributed by atoms with E-state index in [1.165, 1.54) is 66.5 Å². The molecule has 0 amide bonds.